The van der Waals surface area contributed by atoms with Gasteiger partial charge in [0, 0.05) is 15.4 Å². The van der Waals surface area contributed by atoms with Gasteiger partial charge in [-0.25, -0.2) is 4.79 Å². The molecular formula is C19H17F2IO9S. The quantitative estimate of drug-likeness (QED) is 0.230. The van der Waals surface area contributed by atoms with Crippen molar-refractivity contribution in [1.82, 2.24) is 0 Å². The first-order valence-electron chi connectivity index (χ1n) is 9.55. The van der Waals surface area contributed by atoms with E-state index in [-0.39, 0.29) is 12.0 Å². The average Bonchev–Trinajstić information content (AvgIpc) is 3.31. The second kappa shape index (κ2) is 7.87. The Morgan fingerprint density at radius 1 is 1.25 bits per heavy atom. The molecule has 0 radical (unpaired) electrons. The molecule has 1 aromatic rings. The molecular weight excluding hydrogens is 569 g/mol. The Morgan fingerprint density at radius 2 is 1.88 bits per heavy atom. The number of alkyl halides is 2. The summed E-state index contributed by atoms with van der Waals surface area (Å²) in [7, 11) is -5.84. The molecule has 0 aromatic heterocycles. The number of halogens is 3. The Kier molecular flexibility index (Phi) is 5.73. The maximum atomic E-state index is 13.8. The van der Waals surface area contributed by atoms with Gasteiger partial charge in [-0.15, -0.1) is 0 Å². The fourth-order valence-electron chi connectivity index (χ4n) is 4.78. The molecule has 1 aliphatic heterocycles. The molecule has 32 heavy (non-hydrogen) atoms. The van der Waals surface area contributed by atoms with Crippen LogP contribution in [0.1, 0.15) is 23.7 Å². The Balaban J connectivity index is 1.54. The summed E-state index contributed by atoms with van der Waals surface area (Å²) in [5.74, 6) is -6.07. The van der Waals surface area contributed by atoms with E-state index in [1.807, 2.05) is 0 Å². The van der Waals surface area contributed by atoms with Gasteiger partial charge in [0.25, 0.3) is 0 Å². The largest absolute Gasteiger partial charge is 0.458 e. The van der Waals surface area contributed by atoms with Crippen molar-refractivity contribution in [2.75, 3.05) is 0 Å². The Hall–Kier alpha value is -1.87. The number of carbonyl (C=O) groups is 3. The van der Waals surface area contributed by atoms with Crippen LogP contribution in [0.15, 0.2) is 24.3 Å². The Bertz CT molecular complexity index is 1070. The predicted octanol–water partition coefficient (Wildman–Crippen LogP) is 2.04. The standard InChI is InChI=1S/C19H17F2IO9S/c1-7(19(20,21)32(26,27)28)29-17(24)12-10-6-11-13(12)18(25)31-15(11)14(10)30-16(23)8-2-4-9(22)5-3-8/h2-5,7,10-15H,6H2,1H3,(H,26,27,28). The molecule has 3 aliphatic rings. The van der Waals surface area contributed by atoms with E-state index in [0.717, 1.165) is 3.57 Å². The molecule has 1 aromatic carbocycles. The van der Waals surface area contributed by atoms with Crippen LogP contribution in [0.25, 0.3) is 0 Å². The lowest BCUT2D eigenvalue weighted by atomic mass is 9.78. The van der Waals surface area contributed by atoms with E-state index in [9.17, 15) is 31.6 Å². The number of rotatable bonds is 6. The van der Waals surface area contributed by atoms with Crippen LogP contribution in [0.3, 0.4) is 0 Å². The summed E-state index contributed by atoms with van der Waals surface area (Å²) < 4.78 is 74.6. The van der Waals surface area contributed by atoms with Crippen molar-refractivity contribution in [3.63, 3.8) is 0 Å². The van der Waals surface area contributed by atoms with Crippen LogP contribution in [-0.2, 0) is 33.9 Å². The highest BCUT2D eigenvalue weighted by molar-refractivity contribution is 14.1. The molecule has 2 bridgehead atoms. The molecule has 1 saturated heterocycles. The molecule has 2 aliphatic carbocycles. The van der Waals surface area contributed by atoms with E-state index in [2.05, 4.69) is 27.3 Å². The van der Waals surface area contributed by atoms with Crippen molar-refractivity contribution in [3.05, 3.63) is 33.4 Å². The van der Waals surface area contributed by atoms with Crippen LogP contribution in [0.2, 0.25) is 0 Å². The fraction of sp³-hybridized carbons (Fsp3) is 0.526. The zero-order valence-electron chi connectivity index (χ0n) is 16.3. The lowest BCUT2D eigenvalue weighted by Gasteiger charge is -2.31. The summed E-state index contributed by atoms with van der Waals surface area (Å²) in [6, 6.07) is 6.48. The lowest BCUT2D eigenvalue weighted by Crippen LogP contribution is -2.47. The molecule has 9 nitrogen and oxygen atoms in total. The number of hydrogen-bond donors (Lipinski definition) is 1. The molecule has 1 N–H and O–H groups in total. The number of esters is 3. The summed E-state index contributed by atoms with van der Waals surface area (Å²) in [5.41, 5.74) is 0.245. The highest BCUT2D eigenvalue weighted by Crippen LogP contribution is 2.59. The third-order valence-electron chi connectivity index (χ3n) is 6.25. The third-order valence-corrected chi connectivity index (χ3v) is 7.99. The predicted molar refractivity (Wildman–Crippen MR) is 109 cm³/mol. The third kappa shape index (κ3) is 3.67. The molecule has 4 rings (SSSR count). The number of fused-ring (bicyclic) bond motifs is 1. The van der Waals surface area contributed by atoms with Gasteiger partial charge in [0.15, 0.2) is 6.10 Å². The fourth-order valence-corrected chi connectivity index (χ4v) is 5.60. The van der Waals surface area contributed by atoms with E-state index < -0.39 is 75.3 Å². The summed E-state index contributed by atoms with van der Waals surface area (Å²) in [6.45, 7) is 0.614. The number of ether oxygens (including phenoxy) is 3. The summed E-state index contributed by atoms with van der Waals surface area (Å²) in [6.07, 6.45) is -3.98. The van der Waals surface area contributed by atoms with Crippen LogP contribution >= 0.6 is 22.6 Å². The summed E-state index contributed by atoms with van der Waals surface area (Å²) in [5, 5.41) is -4.74. The molecule has 0 amide bonds. The monoisotopic (exact) mass is 586 g/mol. The lowest BCUT2D eigenvalue weighted by molar-refractivity contribution is -0.170. The van der Waals surface area contributed by atoms with Gasteiger partial charge in [0.2, 0.25) is 0 Å². The van der Waals surface area contributed by atoms with Gasteiger partial charge in [0.1, 0.15) is 12.2 Å². The zero-order chi connectivity index (χ0) is 23.6. The van der Waals surface area contributed by atoms with Gasteiger partial charge in [0.05, 0.1) is 17.4 Å². The van der Waals surface area contributed by atoms with E-state index in [1.54, 1.807) is 24.3 Å². The van der Waals surface area contributed by atoms with Crippen molar-refractivity contribution < 1.29 is 50.3 Å². The number of carbonyl (C=O) groups excluding carboxylic acids is 3. The van der Waals surface area contributed by atoms with Gasteiger partial charge >= 0.3 is 33.3 Å². The topological polar surface area (TPSA) is 133 Å². The molecule has 7 atom stereocenters. The van der Waals surface area contributed by atoms with E-state index in [1.165, 1.54) is 0 Å². The first-order chi connectivity index (χ1) is 14.8. The van der Waals surface area contributed by atoms with E-state index in [0.29, 0.717) is 6.92 Å². The summed E-state index contributed by atoms with van der Waals surface area (Å²) in [4.78, 5) is 37.6. The van der Waals surface area contributed by atoms with Crippen molar-refractivity contribution in [2.45, 2.75) is 36.9 Å². The first kappa shape index (κ1) is 23.3. The van der Waals surface area contributed by atoms with Crippen molar-refractivity contribution >= 4 is 50.6 Å². The molecule has 3 fully saturated rings. The number of benzene rings is 1. The maximum absolute atomic E-state index is 13.8. The molecule has 2 saturated carbocycles. The van der Waals surface area contributed by atoms with Gasteiger partial charge in [-0.2, -0.15) is 17.2 Å². The van der Waals surface area contributed by atoms with E-state index >= 15 is 0 Å². The van der Waals surface area contributed by atoms with Gasteiger partial charge in [-0.1, -0.05) is 0 Å². The Morgan fingerprint density at radius 3 is 2.47 bits per heavy atom. The van der Waals surface area contributed by atoms with Crippen LogP contribution in [0.4, 0.5) is 8.78 Å². The smallest absolute Gasteiger partial charge is 0.405 e. The second-order valence-electron chi connectivity index (χ2n) is 8.01. The van der Waals surface area contributed by atoms with Gasteiger partial charge in [-0.05, 0) is 60.2 Å². The molecule has 1 heterocycles. The van der Waals surface area contributed by atoms with E-state index in [4.69, 9.17) is 14.0 Å². The van der Waals surface area contributed by atoms with Crippen LogP contribution in [-0.4, -0.2) is 54.4 Å². The van der Waals surface area contributed by atoms with Crippen molar-refractivity contribution in [1.29, 1.82) is 0 Å². The summed E-state index contributed by atoms with van der Waals surface area (Å²) >= 11 is 2.06. The minimum atomic E-state index is -5.84. The zero-order valence-corrected chi connectivity index (χ0v) is 19.3. The normalized spacial score (nSPS) is 31.8. The molecule has 174 valence electrons. The van der Waals surface area contributed by atoms with Crippen LogP contribution in [0.5, 0.6) is 0 Å². The molecule has 0 spiro atoms. The number of hydrogen-bond acceptors (Lipinski definition) is 8. The molecule has 13 heteroatoms. The minimum Gasteiger partial charge on any atom is -0.458 e. The van der Waals surface area contributed by atoms with Crippen molar-refractivity contribution in [3.8, 4) is 0 Å². The average molecular weight is 586 g/mol. The molecule has 7 unspecified atom stereocenters. The Labute approximate surface area is 194 Å². The SMILES string of the molecule is CC(OC(=O)C1C2CC3C(OC(=O)C31)C2OC(=O)c1ccc(I)cc1)C(F)(F)S(=O)(=O)O. The van der Waals surface area contributed by atoms with Gasteiger partial charge in [-0.3, -0.25) is 14.1 Å². The maximum Gasteiger partial charge on any atom is 0.405 e. The first-order valence-corrected chi connectivity index (χ1v) is 12.1. The second-order valence-corrected chi connectivity index (χ2v) is 10.7. The van der Waals surface area contributed by atoms with Gasteiger partial charge < -0.3 is 14.2 Å². The highest BCUT2D eigenvalue weighted by Gasteiger charge is 2.70. The van der Waals surface area contributed by atoms with Crippen molar-refractivity contribution in [2.24, 2.45) is 23.7 Å². The van der Waals surface area contributed by atoms with Crippen LogP contribution in [0, 0.1) is 27.2 Å². The van der Waals surface area contributed by atoms with Crippen LogP contribution < -0.4 is 0 Å². The minimum absolute atomic E-state index is 0.245. The highest BCUT2D eigenvalue weighted by atomic mass is 127.